The molecular weight excluding hydrogens is 227 g/mol. The summed E-state index contributed by atoms with van der Waals surface area (Å²) in [6.07, 6.45) is 10.3. The number of hydrogen-bond donors (Lipinski definition) is 0. The number of allylic oxidation sites excluding steroid dienone is 1. The van der Waals surface area contributed by atoms with Crippen molar-refractivity contribution in [1.29, 1.82) is 0 Å². The van der Waals surface area contributed by atoms with Gasteiger partial charge in [-0.1, -0.05) is 43.9 Å². The van der Waals surface area contributed by atoms with Crippen LogP contribution in [0.1, 0.15) is 44.9 Å². The Labute approximate surface area is 110 Å². The normalized spacial score (nSPS) is 10.3. The van der Waals surface area contributed by atoms with Crippen LogP contribution in [-0.4, -0.2) is 6.61 Å². The molecule has 0 unspecified atom stereocenters. The molecule has 0 aliphatic rings. The number of benzene rings is 1. The second-order valence-corrected chi connectivity index (χ2v) is 4.48. The van der Waals surface area contributed by atoms with Crippen LogP contribution in [0.2, 0.25) is 0 Å². The summed E-state index contributed by atoms with van der Waals surface area (Å²) in [5, 5.41) is 0. The van der Waals surface area contributed by atoms with E-state index in [-0.39, 0.29) is 5.82 Å². The summed E-state index contributed by atoms with van der Waals surface area (Å²) < 4.78 is 18.6. The fourth-order valence-corrected chi connectivity index (χ4v) is 1.84. The second-order valence-electron chi connectivity index (χ2n) is 4.48. The van der Waals surface area contributed by atoms with Gasteiger partial charge in [0.15, 0.2) is 11.6 Å². The maximum absolute atomic E-state index is 13.2. The third-order valence-corrected chi connectivity index (χ3v) is 2.90. The molecule has 1 rings (SSSR count). The molecule has 0 aliphatic carbocycles. The Hall–Kier alpha value is -1.31. The van der Waals surface area contributed by atoms with Gasteiger partial charge in [-0.05, 0) is 31.4 Å². The van der Waals surface area contributed by atoms with Gasteiger partial charge in [-0.15, -0.1) is 6.58 Å². The minimum Gasteiger partial charge on any atom is -0.491 e. The molecule has 0 bridgehead atoms. The Morgan fingerprint density at radius 3 is 2.39 bits per heavy atom. The van der Waals surface area contributed by atoms with Crippen LogP contribution in [0.3, 0.4) is 0 Å². The summed E-state index contributed by atoms with van der Waals surface area (Å²) in [6, 6.07) is 6.56. The smallest absolute Gasteiger partial charge is 0.165 e. The zero-order chi connectivity index (χ0) is 13.1. The molecule has 0 aliphatic heterocycles. The van der Waals surface area contributed by atoms with Crippen molar-refractivity contribution in [2.75, 3.05) is 6.61 Å². The fraction of sp³-hybridized carbons (Fsp3) is 0.500. The molecule has 1 aromatic carbocycles. The van der Waals surface area contributed by atoms with Gasteiger partial charge in [0, 0.05) is 0 Å². The van der Waals surface area contributed by atoms with Crippen LogP contribution in [0, 0.1) is 5.82 Å². The van der Waals surface area contributed by atoms with Crippen molar-refractivity contribution >= 4 is 0 Å². The van der Waals surface area contributed by atoms with Crippen molar-refractivity contribution in [3.63, 3.8) is 0 Å². The fourth-order valence-electron chi connectivity index (χ4n) is 1.84. The predicted octanol–water partition coefficient (Wildman–Crippen LogP) is 5.12. The lowest BCUT2D eigenvalue weighted by Gasteiger charge is -2.06. The second kappa shape index (κ2) is 9.69. The molecule has 0 radical (unpaired) electrons. The van der Waals surface area contributed by atoms with Crippen LogP contribution < -0.4 is 4.74 Å². The van der Waals surface area contributed by atoms with Crippen LogP contribution in [0.4, 0.5) is 4.39 Å². The van der Waals surface area contributed by atoms with Gasteiger partial charge in [0.2, 0.25) is 0 Å². The van der Waals surface area contributed by atoms with Gasteiger partial charge in [-0.25, -0.2) is 4.39 Å². The molecule has 18 heavy (non-hydrogen) atoms. The molecule has 0 amide bonds. The van der Waals surface area contributed by atoms with Gasteiger partial charge in [0.05, 0.1) is 6.61 Å². The maximum Gasteiger partial charge on any atom is 0.165 e. The van der Waals surface area contributed by atoms with E-state index in [0.717, 1.165) is 19.3 Å². The largest absolute Gasteiger partial charge is 0.491 e. The van der Waals surface area contributed by atoms with Crippen LogP contribution >= 0.6 is 0 Å². The quantitative estimate of drug-likeness (QED) is 0.413. The number of para-hydroxylation sites is 1. The minimum absolute atomic E-state index is 0.276. The lowest BCUT2D eigenvalue weighted by atomic mass is 10.1. The summed E-state index contributed by atoms with van der Waals surface area (Å²) in [5.74, 6) is 0.0883. The monoisotopic (exact) mass is 250 g/mol. The van der Waals surface area contributed by atoms with E-state index in [0.29, 0.717) is 12.4 Å². The number of hydrogen-bond acceptors (Lipinski definition) is 1. The van der Waals surface area contributed by atoms with E-state index >= 15 is 0 Å². The standard InChI is InChI=1S/C16H23FO/c1-2-3-4-5-6-7-8-11-14-18-16-13-10-9-12-15(16)17/h2,9-10,12-13H,1,3-8,11,14H2. The molecule has 0 spiro atoms. The van der Waals surface area contributed by atoms with Gasteiger partial charge in [-0.3, -0.25) is 0 Å². The number of ether oxygens (including phenoxy) is 1. The van der Waals surface area contributed by atoms with Crippen molar-refractivity contribution in [3.8, 4) is 5.75 Å². The lowest BCUT2D eigenvalue weighted by Crippen LogP contribution is -1.98. The highest BCUT2D eigenvalue weighted by Crippen LogP contribution is 2.16. The van der Waals surface area contributed by atoms with Crippen molar-refractivity contribution in [2.24, 2.45) is 0 Å². The Kier molecular flexibility index (Phi) is 7.94. The van der Waals surface area contributed by atoms with E-state index < -0.39 is 0 Å². The maximum atomic E-state index is 13.2. The third-order valence-electron chi connectivity index (χ3n) is 2.90. The minimum atomic E-state index is -0.276. The summed E-state index contributed by atoms with van der Waals surface area (Å²) in [5.41, 5.74) is 0. The van der Waals surface area contributed by atoms with Crippen molar-refractivity contribution in [2.45, 2.75) is 44.9 Å². The third kappa shape index (κ3) is 6.43. The molecule has 0 saturated heterocycles. The molecule has 0 heterocycles. The number of unbranched alkanes of at least 4 members (excludes halogenated alkanes) is 6. The van der Waals surface area contributed by atoms with Crippen molar-refractivity contribution < 1.29 is 9.13 Å². The highest BCUT2D eigenvalue weighted by atomic mass is 19.1. The van der Waals surface area contributed by atoms with E-state index in [9.17, 15) is 4.39 Å². The molecule has 1 aromatic rings. The van der Waals surface area contributed by atoms with Crippen LogP contribution in [0.5, 0.6) is 5.75 Å². The predicted molar refractivity (Wildman–Crippen MR) is 74.4 cm³/mol. The van der Waals surface area contributed by atoms with Gasteiger partial charge >= 0.3 is 0 Å². The Morgan fingerprint density at radius 2 is 1.67 bits per heavy atom. The first-order valence-electron chi connectivity index (χ1n) is 6.83. The van der Waals surface area contributed by atoms with Crippen LogP contribution in [0.25, 0.3) is 0 Å². The van der Waals surface area contributed by atoms with E-state index in [2.05, 4.69) is 6.58 Å². The van der Waals surface area contributed by atoms with E-state index in [1.807, 2.05) is 6.08 Å². The van der Waals surface area contributed by atoms with Gasteiger partial charge in [0.25, 0.3) is 0 Å². The Bertz CT molecular complexity index is 336. The average Bonchev–Trinajstić information content (AvgIpc) is 2.39. The first-order valence-corrected chi connectivity index (χ1v) is 6.83. The van der Waals surface area contributed by atoms with E-state index in [4.69, 9.17) is 4.74 Å². The summed E-state index contributed by atoms with van der Waals surface area (Å²) >= 11 is 0. The first kappa shape index (κ1) is 14.7. The summed E-state index contributed by atoms with van der Waals surface area (Å²) in [6.45, 7) is 4.31. The number of halogens is 1. The summed E-state index contributed by atoms with van der Waals surface area (Å²) in [7, 11) is 0. The molecule has 0 saturated carbocycles. The molecule has 0 aromatic heterocycles. The molecule has 1 nitrogen and oxygen atoms in total. The molecule has 0 atom stereocenters. The molecule has 0 fully saturated rings. The first-order chi connectivity index (χ1) is 8.84. The highest BCUT2D eigenvalue weighted by Gasteiger charge is 2.00. The van der Waals surface area contributed by atoms with Crippen LogP contribution in [-0.2, 0) is 0 Å². The van der Waals surface area contributed by atoms with Crippen molar-refractivity contribution in [3.05, 3.63) is 42.7 Å². The Balaban J connectivity index is 1.96. The molecule has 2 heteroatoms. The lowest BCUT2D eigenvalue weighted by molar-refractivity contribution is 0.290. The molecule has 0 N–H and O–H groups in total. The van der Waals surface area contributed by atoms with Gasteiger partial charge in [-0.2, -0.15) is 0 Å². The zero-order valence-corrected chi connectivity index (χ0v) is 11.0. The topological polar surface area (TPSA) is 9.23 Å². The highest BCUT2D eigenvalue weighted by molar-refractivity contribution is 5.23. The molecular formula is C16H23FO. The number of rotatable bonds is 10. The SMILES string of the molecule is C=CCCCCCCCCOc1ccccc1F. The van der Waals surface area contributed by atoms with E-state index in [1.54, 1.807) is 18.2 Å². The van der Waals surface area contributed by atoms with Gasteiger partial charge < -0.3 is 4.74 Å². The summed E-state index contributed by atoms with van der Waals surface area (Å²) in [4.78, 5) is 0. The Morgan fingerprint density at radius 1 is 1.00 bits per heavy atom. The van der Waals surface area contributed by atoms with Gasteiger partial charge in [0.1, 0.15) is 0 Å². The van der Waals surface area contributed by atoms with Crippen molar-refractivity contribution in [1.82, 2.24) is 0 Å². The zero-order valence-electron chi connectivity index (χ0n) is 11.0. The van der Waals surface area contributed by atoms with Crippen LogP contribution in [0.15, 0.2) is 36.9 Å². The average molecular weight is 250 g/mol. The van der Waals surface area contributed by atoms with E-state index in [1.165, 1.54) is 31.7 Å². The molecule has 100 valence electrons.